The van der Waals surface area contributed by atoms with E-state index in [-0.39, 0.29) is 0 Å². The quantitative estimate of drug-likeness (QED) is 0.821. The van der Waals surface area contributed by atoms with Gasteiger partial charge in [-0.2, -0.15) is 0 Å². The second-order valence-electron chi connectivity index (χ2n) is 4.03. The minimum atomic E-state index is 0.577. The molecule has 0 saturated heterocycles. The lowest BCUT2D eigenvalue weighted by molar-refractivity contribution is 0.682. The summed E-state index contributed by atoms with van der Waals surface area (Å²) < 4.78 is 0. The molecule has 0 aliphatic heterocycles. The van der Waals surface area contributed by atoms with E-state index in [4.69, 9.17) is 5.73 Å². The number of rotatable bonds is 1. The van der Waals surface area contributed by atoms with Crippen LogP contribution in [0.1, 0.15) is 23.4 Å². The molecule has 1 aliphatic rings. The number of hydrogen-bond donors (Lipinski definition) is 1. The van der Waals surface area contributed by atoms with Crippen molar-refractivity contribution in [2.75, 3.05) is 5.73 Å². The third-order valence-corrected chi connectivity index (χ3v) is 4.11. The Hall–Kier alpha value is -1.42. The summed E-state index contributed by atoms with van der Waals surface area (Å²) in [5.41, 5.74) is 8.11. The number of fused-ring (bicyclic) bond motifs is 1. The lowest BCUT2D eigenvalue weighted by atomic mass is 10.0. The molecule has 0 saturated carbocycles. The Bertz CT molecular complexity index is 495. The maximum absolute atomic E-state index is 5.87. The number of thiazole rings is 1. The molecule has 4 heteroatoms. The summed E-state index contributed by atoms with van der Waals surface area (Å²) in [4.78, 5) is 10.2. The molecule has 0 aromatic carbocycles. The van der Waals surface area contributed by atoms with Crippen molar-refractivity contribution in [3.63, 3.8) is 0 Å². The highest BCUT2D eigenvalue weighted by atomic mass is 32.1. The second-order valence-corrected chi connectivity index (χ2v) is 5.12. The van der Waals surface area contributed by atoms with E-state index in [2.05, 4.69) is 9.97 Å². The summed E-state index contributed by atoms with van der Waals surface area (Å²) in [5, 5.41) is 1.03. The first-order valence-electron chi connectivity index (χ1n) is 5.54. The van der Waals surface area contributed by atoms with Crippen molar-refractivity contribution in [3.8, 4) is 10.6 Å². The summed E-state index contributed by atoms with van der Waals surface area (Å²) >= 11 is 1.77. The van der Waals surface area contributed by atoms with E-state index in [0.29, 0.717) is 5.82 Å². The maximum atomic E-state index is 5.87. The molecule has 2 heterocycles. The Balaban J connectivity index is 2.07. The fourth-order valence-electron chi connectivity index (χ4n) is 2.07. The van der Waals surface area contributed by atoms with E-state index in [9.17, 15) is 0 Å². The summed E-state index contributed by atoms with van der Waals surface area (Å²) in [6.45, 7) is 0. The zero-order valence-electron chi connectivity index (χ0n) is 8.94. The summed E-state index contributed by atoms with van der Waals surface area (Å²) in [6.07, 6.45) is 6.56. The molecular formula is C12H13N3S. The Labute approximate surface area is 98.4 Å². The number of aryl methyl sites for hydroxylation is 2. The Morgan fingerprint density at radius 1 is 1.25 bits per heavy atom. The minimum absolute atomic E-state index is 0.577. The number of nitrogens with zero attached hydrogens (tertiary/aromatic N) is 2. The van der Waals surface area contributed by atoms with Crippen molar-refractivity contribution in [2.45, 2.75) is 25.7 Å². The van der Waals surface area contributed by atoms with Crippen molar-refractivity contribution < 1.29 is 0 Å². The molecule has 0 atom stereocenters. The molecule has 3 nitrogen and oxygen atoms in total. The van der Waals surface area contributed by atoms with Gasteiger partial charge in [0.05, 0.1) is 11.3 Å². The molecule has 2 N–H and O–H groups in total. The fraction of sp³-hybridized carbons (Fsp3) is 0.333. The van der Waals surface area contributed by atoms with Crippen molar-refractivity contribution in [3.05, 3.63) is 28.9 Å². The standard InChI is InChI=1S/C12H13N3S/c13-11-8(4-3-7-14-11)12-15-9-5-1-2-6-10(9)16-12/h3-4,7H,1-2,5-6H2,(H2,13,14). The summed E-state index contributed by atoms with van der Waals surface area (Å²) in [7, 11) is 0. The number of hydrogen-bond acceptors (Lipinski definition) is 4. The second kappa shape index (κ2) is 3.87. The summed E-state index contributed by atoms with van der Waals surface area (Å²) in [6, 6.07) is 3.90. The van der Waals surface area contributed by atoms with Crippen molar-refractivity contribution >= 4 is 17.2 Å². The largest absolute Gasteiger partial charge is 0.383 e. The first kappa shape index (κ1) is 9.78. The van der Waals surface area contributed by atoms with Gasteiger partial charge in [0.25, 0.3) is 0 Å². The first-order chi connectivity index (χ1) is 7.84. The van der Waals surface area contributed by atoms with E-state index in [1.165, 1.54) is 29.8 Å². The average molecular weight is 231 g/mol. The maximum Gasteiger partial charge on any atom is 0.133 e. The predicted octanol–water partition coefficient (Wildman–Crippen LogP) is 2.67. The van der Waals surface area contributed by atoms with Gasteiger partial charge in [0.2, 0.25) is 0 Å². The Morgan fingerprint density at radius 2 is 2.12 bits per heavy atom. The molecule has 0 bridgehead atoms. The molecule has 0 spiro atoms. The van der Waals surface area contributed by atoms with Gasteiger partial charge in [-0.25, -0.2) is 9.97 Å². The number of pyridine rings is 1. The zero-order chi connectivity index (χ0) is 11.0. The van der Waals surface area contributed by atoms with Crippen LogP contribution in [0.25, 0.3) is 10.6 Å². The highest BCUT2D eigenvalue weighted by Crippen LogP contribution is 2.34. The van der Waals surface area contributed by atoms with Crippen LogP contribution in [0.4, 0.5) is 5.82 Å². The number of aromatic nitrogens is 2. The highest BCUT2D eigenvalue weighted by Gasteiger charge is 2.16. The SMILES string of the molecule is Nc1ncccc1-c1nc2c(s1)CCCC2. The molecule has 0 radical (unpaired) electrons. The summed E-state index contributed by atoms with van der Waals surface area (Å²) in [5.74, 6) is 0.577. The molecule has 82 valence electrons. The molecular weight excluding hydrogens is 218 g/mol. The van der Waals surface area contributed by atoms with E-state index in [0.717, 1.165) is 17.0 Å². The molecule has 0 unspecified atom stereocenters. The molecule has 2 aromatic rings. The topological polar surface area (TPSA) is 51.8 Å². The fourth-order valence-corrected chi connectivity index (χ4v) is 3.25. The molecule has 0 fully saturated rings. The van der Waals surface area contributed by atoms with Gasteiger partial charge in [0.15, 0.2) is 0 Å². The van der Waals surface area contributed by atoms with Crippen LogP contribution in [0, 0.1) is 0 Å². The lowest BCUT2D eigenvalue weighted by Crippen LogP contribution is -1.99. The molecule has 2 aromatic heterocycles. The highest BCUT2D eigenvalue weighted by molar-refractivity contribution is 7.15. The van der Waals surface area contributed by atoms with Crippen LogP contribution in [0.15, 0.2) is 18.3 Å². The molecule has 3 rings (SSSR count). The van der Waals surface area contributed by atoms with E-state index < -0.39 is 0 Å². The Morgan fingerprint density at radius 3 is 2.94 bits per heavy atom. The molecule has 0 amide bonds. The van der Waals surface area contributed by atoms with Crippen LogP contribution in [0.3, 0.4) is 0 Å². The van der Waals surface area contributed by atoms with Crippen LogP contribution in [-0.2, 0) is 12.8 Å². The monoisotopic (exact) mass is 231 g/mol. The minimum Gasteiger partial charge on any atom is -0.383 e. The van der Waals surface area contributed by atoms with Gasteiger partial charge in [0, 0.05) is 11.1 Å². The van der Waals surface area contributed by atoms with Crippen LogP contribution in [-0.4, -0.2) is 9.97 Å². The van der Waals surface area contributed by atoms with Crippen molar-refractivity contribution in [2.24, 2.45) is 0 Å². The van der Waals surface area contributed by atoms with Crippen molar-refractivity contribution in [1.82, 2.24) is 9.97 Å². The van der Waals surface area contributed by atoms with Gasteiger partial charge in [-0.05, 0) is 37.8 Å². The van der Waals surface area contributed by atoms with Crippen molar-refractivity contribution in [1.29, 1.82) is 0 Å². The van der Waals surface area contributed by atoms with Gasteiger partial charge in [0.1, 0.15) is 10.8 Å². The third kappa shape index (κ3) is 1.59. The number of nitrogens with two attached hydrogens (primary N) is 1. The van der Waals surface area contributed by atoms with Crippen LogP contribution < -0.4 is 5.73 Å². The van der Waals surface area contributed by atoms with Crippen LogP contribution >= 0.6 is 11.3 Å². The number of anilines is 1. The molecule has 1 aliphatic carbocycles. The average Bonchev–Trinajstić information content (AvgIpc) is 2.73. The Kier molecular flexibility index (Phi) is 2.36. The number of nitrogen functional groups attached to an aromatic ring is 1. The van der Waals surface area contributed by atoms with Crippen LogP contribution in [0.2, 0.25) is 0 Å². The van der Waals surface area contributed by atoms with Crippen LogP contribution in [0.5, 0.6) is 0 Å². The normalized spacial score (nSPS) is 14.8. The molecule has 16 heavy (non-hydrogen) atoms. The first-order valence-corrected chi connectivity index (χ1v) is 6.35. The van der Waals surface area contributed by atoms with E-state index in [1.54, 1.807) is 17.5 Å². The van der Waals surface area contributed by atoms with Gasteiger partial charge in [-0.1, -0.05) is 0 Å². The smallest absolute Gasteiger partial charge is 0.133 e. The van der Waals surface area contributed by atoms with E-state index >= 15 is 0 Å². The lowest BCUT2D eigenvalue weighted by Gasteiger charge is -2.06. The van der Waals surface area contributed by atoms with Gasteiger partial charge < -0.3 is 5.73 Å². The third-order valence-electron chi connectivity index (χ3n) is 2.91. The van der Waals surface area contributed by atoms with Gasteiger partial charge in [-0.15, -0.1) is 11.3 Å². The van der Waals surface area contributed by atoms with Gasteiger partial charge >= 0.3 is 0 Å². The van der Waals surface area contributed by atoms with Gasteiger partial charge in [-0.3, -0.25) is 0 Å². The zero-order valence-corrected chi connectivity index (χ0v) is 9.76. The predicted molar refractivity (Wildman–Crippen MR) is 66.4 cm³/mol. The van der Waals surface area contributed by atoms with E-state index in [1.807, 2.05) is 12.1 Å².